The lowest BCUT2D eigenvalue weighted by Gasteiger charge is -2.35. The highest BCUT2D eigenvalue weighted by molar-refractivity contribution is 5.97. The first-order valence-electron chi connectivity index (χ1n) is 10.2. The zero-order valence-corrected chi connectivity index (χ0v) is 15.7. The van der Waals surface area contributed by atoms with E-state index in [9.17, 15) is 4.79 Å². The number of hydrogen-bond acceptors (Lipinski definition) is 3. The van der Waals surface area contributed by atoms with Gasteiger partial charge in [-0.3, -0.25) is 4.79 Å². The number of nitrogens with zero attached hydrogens (tertiary/aromatic N) is 1. The Labute approximate surface area is 160 Å². The third-order valence-electron chi connectivity index (χ3n) is 6.93. The van der Waals surface area contributed by atoms with Gasteiger partial charge in [0.15, 0.2) is 5.66 Å². The van der Waals surface area contributed by atoms with Crippen LogP contribution in [0.5, 0.6) is 0 Å². The first kappa shape index (κ1) is 16.8. The highest BCUT2D eigenvalue weighted by atomic mass is 16.2. The average Bonchev–Trinajstić information content (AvgIpc) is 3.08. The topological polar surface area (TPSA) is 58.4 Å². The zero-order valence-electron chi connectivity index (χ0n) is 15.7. The molecule has 0 bridgehead atoms. The van der Waals surface area contributed by atoms with Crippen LogP contribution in [0.3, 0.4) is 0 Å². The molecule has 1 aliphatic carbocycles. The van der Waals surface area contributed by atoms with Gasteiger partial charge in [0.1, 0.15) is 0 Å². The molecule has 0 radical (unpaired) electrons. The SMILES string of the molecule is N[C@]12Nc3ccccc3[C@]1(Cc1ccccc1)CN(C1CCCCC1)C2=O. The fourth-order valence-electron chi connectivity index (χ4n) is 5.53. The molecular formula is C23H27N3O. The van der Waals surface area contributed by atoms with Crippen molar-refractivity contribution in [1.82, 2.24) is 4.90 Å². The van der Waals surface area contributed by atoms with Gasteiger partial charge in [-0.25, -0.2) is 0 Å². The fraction of sp³-hybridized carbons (Fsp3) is 0.435. The molecule has 3 aliphatic rings. The number of rotatable bonds is 3. The number of carbonyl (C=O) groups is 1. The van der Waals surface area contributed by atoms with Crippen molar-refractivity contribution in [3.63, 3.8) is 0 Å². The Balaban J connectivity index is 1.61. The van der Waals surface area contributed by atoms with E-state index in [0.717, 1.165) is 24.9 Å². The molecule has 4 nitrogen and oxygen atoms in total. The van der Waals surface area contributed by atoms with Crippen LogP contribution in [0.15, 0.2) is 54.6 Å². The molecule has 4 heteroatoms. The second-order valence-electron chi connectivity index (χ2n) is 8.45. The molecule has 2 atom stereocenters. The molecule has 2 heterocycles. The zero-order chi connectivity index (χ0) is 18.5. The van der Waals surface area contributed by atoms with E-state index >= 15 is 0 Å². The second-order valence-corrected chi connectivity index (χ2v) is 8.45. The van der Waals surface area contributed by atoms with E-state index in [1.165, 1.54) is 30.4 Å². The minimum atomic E-state index is -1.07. The van der Waals surface area contributed by atoms with Gasteiger partial charge < -0.3 is 16.0 Å². The summed E-state index contributed by atoms with van der Waals surface area (Å²) in [6.45, 7) is 0.700. The molecule has 2 fully saturated rings. The molecule has 1 saturated heterocycles. The number of carbonyl (C=O) groups excluding carboxylic acids is 1. The lowest BCUT2D eigenvalue weighted by Crippen LogP contribution is -2.62. The normalized spacial score (nSPS) is 30.1. The molecule has 2 aromatic carbocycles. The van der Waals surface area contributed by atoms with Gasteiger partial charge in [-0.05, 0) is 36.5 Å². The summed E-state index contributed by atoms with van der Waals surface area (Å²) in [5.41, 5.74) is 8.86. The minimum absolute atomic E-state index is 0.0709. The summed E-state index contributed by atoms with van der Waals surface area (Å²) in [6, 6.07) is 19.0. The van der Waals surface area contributed by atoms with Crippen LogP contribution in [0, 0.1) is 0 Å². The first-order valence-corrected chi connectivity index (χ1v) is 10.2. The predicted octanol–water partition coefficient (Wildman–Crippen LogP) is 3.42. The van der Waals surface area contributed by atoms with Crippen molar-refractivity contribution in [2.45, 2.75) is 55.6 Å². The van der Waals surface area contributed by atoms with Crippen LogP contribution in [0.1, 0.15) is 43.2 Å². The van der Waals surface area contributed by atoms with Crippen LogP contribution in [0.4, 0.5) is 5.69 Å². The van der Waals surface area contributed by atoms with Gasteiger partial charge in [-0.15, -0.1) is 0 Å². The lowest BCUT2D eigenvalue weighted by molar-refractivity contribution is -0.134. The van der Waals surface area contributed by atoms with E-state index < -0.39 is 11.1 Å². The lowest BCUT2D eigenvalue weighted by atomic mass is 9.70. The van der Waals surface area contributed by atoms with Crippen LogP contribution in [0.25, 0.3) is 0 Å². The van der Waals surface area contributed by atoms with E-state index in [-0.39, 0.29) is 5.91 Å². The monoisotopic (exact) mass is 361 g/mol. The largest absolute Gasteiger partial charge is 0.359 e. The highest BCUT2D eigenvalue weighted by Crippen LogP contribution is 2.53. The molecule has 140 valence electrons. The van der Waals surface area contributed by atoms with Crippen molar-refractivity contribution in [3.8, 4) is 0 Å². The number of nitrogens with one attached hydrogen (secondary N) is 1. The van der Waals surface area contributed by atoms with Crippen LogP contribution < -0.4 is 11.1 Å². The molecule has 3 N–H and O–H groups in total. The Morgan fingerprint density at radius 3 is 2.48 bits per heavy atom. The summed E-state index contributed by atoms with van der Waals surface area (Å²) in [5.74, 6) is 0.0709. The van der Waals surface area contributed by atoms with Gasteiger partial charge in [0.2, 0.25) is 0 Å². The molecule has 2 aliphatic heterocycles. The Morgan fingerprint density at radius 1 is 1.00 bits per heavy atom. The van der Waals surface area contributed by atoms with Crippen molar-refractivity contribution < 1.29 is 4.79 Å². The average molecular weight is 361 g/mol. The summed E-state index contributed by atoms with van der Waals surface area (Å²) >= 11 is 0. The number of fused-ring (bicyclic) bond motifs is 3. The van der Waals surface area contributed by atoms with Crippen LogP contribution in [0.2, 0.25) is 0 Å². The van der Waals surface area contributed by atoms with Gasteiger partial charge in [-0.2, -0.15) is 0 Å². The highest BCUT2D eigenvalue weighted by Gasteiger charge is 2.67. The molecule has 2 aromatic rings. The van der Waals surface area contributed by atoms with Crippen molar-refractivity contribution in [3.05, 3.63) is 65.7 Å². The maximum absolute atomic E-state index is 13.6. The van der Waals surface area contributed by atoms with Crippen molar-refractivity contribution in [1.29, 1.82) is 0 Å². The molecule has 1 amide bonds. The van der Waals surface area contributed by atoms with Gasteiger partial charge in [0, 0.05) is 18.3 Å². The number of benzene rings is 2. The molecular weight excluding hydrogens is 334 g/mol. The first-order chi connectivity index (χ1) is 13.1. The Morgan fingerprint density at radius 2 is 1.70 bits per heavy atom. The van der Waals surface area contributed by atoms with E-state index in [2.05, 4.69) is 46.6 Å². The minimum Gasteiger partial charge on any atom is -0.359 e. The van der Waals surface area contributed by atoms with E-state index in [0.29, 0.717) is 12.6 Å². The summed E-state index contributed by atoms with van der Waals surface area (Å²) in [5, 5.41) is 3.44. The maximum Gasteiger partial charge on any atom is 0.264 e. The predicted molar refractivity (Wildman–Crippen MR) is 107 cm³/mol. The Hall–Kier alpha value is -2.33. The molecule has 5 rings (SSSR count). The number of para-hydroxylation sites is 1. The third kappa shape index (κ3) is 2.36. The van der Waals surface area contributed by atoms with Gasteiger partial charge in [-0.1, -0.05) is 67.8 Å². The van der Waals surface area contributed by atoms with Crippen molar-refractivity contribution >= 4 is 11.6 Å². The smallest absolute Gasteiger partial charge is 0.264 e. The molecule has 27 heavy (non-hydrogen) atoms. The van der Waals surface area contributed by atoms with Crippen LogP contribution in [-0.2, 0) is 16.6 Å². The quantitative estimate of drug-likeness (QED) is 0.881. The number of amides is 1. The summed E-state index contributed by atoms with van der Waals surface area (Å²) in [7, 11) is 0. The maximum atomic E-state index is 13.6. The van der Waals surface area contributed by atoms with Crippen LogP contribution in [-0.4, -0.2) is 29.1 Å². The molecule has 0 aromatic heterocycles. The van der Waals surface area contributed by atoms with E-state index in [1.807, 2.05) is 18.2 Å². The van der Waals surface area contributed by atoms with Crippen molar-refractivity contribution in [2.24, 2.45) is 5.73 Å². The molecule has 0 unspecified atom stereocenters. The third-order valence-corrected chi connectivity index (χ3v) is 6.93. The number of likely N-dealkylation sites (tertiary alicyclic amines) is 1. The Kier molecular flexibility index (Phi) is 3.80. The number of anilines is 1. The molecule has 0 spiro atoms. The Bertz CT molecular complexity index is 861. The summed E-state index contributed by atoms with van der Waals surface area (Å²) in [4.78, 5) is 15.7. The molecule has 1 saturated carbocycles. The van der Waals surface area contributed by atoms with Crippen molar-refractivity contribution in [2.75, 3.05) is 11.9 Å². The number of nitrogens with two attached hydrogens (primary N) is 1. The standard InChI is InChI=1S/C23H27N3O/c24-23-21(27)26(18-11-5-2-6-12-18)16-22(23,15-17-9-3-1-4-10-17)19-13-7-8-14-20(19)25-23/h1,3-4,7-10,13-14,18,25H,2,5-6,11-12,15-16,24H2/t22-,23+/m0/s1. The van der Waals surface area contributed by atoms with E-state index in [1.54, 1.807) is 0 Å². The van der Waals surface area contributed by atoms with Gasteiger partial charge in [0.05, 0.1) is 5.41 Å². The second kappa shape index (κ2) is 6.10. The summed E-state index contributed by atoms with van der Waals surface area (Å²) < 4.78 is 0. The number of hydrogen-bond donors (Lipinski definition) is 2. The van der Waals surface area contributed by atoms with E-state index in [4.69, 9.17) is 5.73 Å². The van der Waals surface area contributed by atoms with Crippen LogP contribution >= 0.6 is 0 Å². The van der Waals surface area contributed by atoms with Gasteiger partial charge >= 0.3 is 0 Å². The van der Waals surface area contributed by atoms with Gasteiger partial charge in [0.25, 0.3) is 5.91 Å². The fourth-order valence-corrected chi connectivity index (χ4v) is 5.53. The summed E-state index contributed by atoms with van der Waals surface area (Å²) in [6.07, 6.45) is 6.67.